The van der Waals surface area contributed by atoms with E-state index in [-0.39, 0.29) is 30.1 Å². The third kappa shape index (κ3) is 7.78. The number of rotatable bonds is 7. The van der Waals surface area contributed by atoms with Crippen LogP contribution in [0.3, 0.4) is 0 Å². The minimum absolute atomic E-state index is 0. The number of halogens is 2. The SMILES string of the molecule is CN=C(NCCc1ccncc1C)NCC(C)Oc1ccc(Cl)cc1.I. The molecule has 0 radical (unpaired) electrons. The minimum Gasteiger partial charge on any atom is -0.489 e. The molecule has 0 saturated heterocycles. The molecule has 0 aliphatic heterocycles. The first kappa shape index (κ1) is 22.5. The Morgan fingerprint density at radius 2 is 1.96 bits per heavy atom. The molecule has 0 saturated carbocycles. The van der Waals surface area contributed by atoms with Crippen LogP contribution in [0.2, 0.25) is 5.02 Å². The van der Waals surface area contributed by atoms with Gasteiger partial charge in [-0.15, -0.1) is 24.0 Å². The molecule has 26 heavy (non-hydrogen) atoms. The summed E-state index contributed by atoms with van der Waals surface area (Å²) in [6, 6.07) is 9.42. The third-order valence-corrected chi connectivity index (χ3v) is 4.01. The van der Waals surface area contributed by atoms with Gasteiger partial charge in [-0.05, 0) is 61.7 Å². The lowest BCUT2D eigenvalue weighted by Crippen LogP contribution is -2.42. The largest absolute Gasteiger partial charge is 0.489 e. The quantitative estimate of drug-likeness (QED) is 0.353. The number of ether oxygens (including phenoxy) is 1. The second-order valence-corrected chi connectivity index (χ2v) is 6.25. The van der Waals surface area contributed by atoms with Crippen LogP contribution in [0.25, 0.3) is 0 Å². The van der Waals surface area contributed by atoms with Gasteiger partial charge in [0, 0.05) is 31.0 Å². The third-order valence-electron chi connectivity index (χ3n) is 3.75. The smallest absolute Gasteiger partial charge is 0.191 e. The molecule has 7 heteroatoms. The van der Waals surface area contributed by atoms with Gasteiger partial charge in [-0.3, -0.25) is 9.98 Å². The van der Waals surface area contributed by atoms with Gasteiger partial charge in [-0.25, -0.2) is 0 Å². The Bertz CT molecular complexity index is 694. The number of hydrogen-bond donors (Lipinski definition) is 2. The van der Waals surface area contributed by atoms with Crippen molar-refractivity contribution in [2.24, 2.45) is 4.99 Å². The van der Waals surface area contributed by atoms with Crippen molar-refractivity contribution in [3.63, 3.8) is 0 Å². The normalized spacial score (nSPS) is 12.1. The first-order chi connectivity index (χ1) is 12.1. The maximum atomic E-state index is 5.88. The predicted molar refractivity (Wildman–Crippen MR) is 119 cm³/mol. The van der Waals surface area contributed by atoms with Gasteiger partial charge in [0.25, 0.3) is 0 Å². The molecule has 5 nitrogen and oxygen atoms in total. The number of guanidine groups is 1. The van der Waals surface area contributed by atoms with Crippen LogP contribution in [-0.2, 0) is 6.42 Å². The fraction of sp³-hybridized carbons (Fsp3) is 0.368. The van der Waals surface area contributed by atoms with Crippen LogP contribution in [0.4, 0.5) is 0 Å². The Hall–Kier alpha value is -1.54. The lowest BCUT2D eigenvalue weighted by atomic mass is 10.1. The van der Waals surface area contributed by atoms with Crippen molar-refractivity contribution in [2.75, 3.05) is 20.1 Å². The van der Waals surface area contributed by atoms with E-state index in [1.165, 1.54) is 11.1 Å². The van der Waals surface area contributed by atoms with E-state index in [9.17, 15) is 0 Å². The van der Waals surface area contributed by atoms with Crippen molar-refractivity contribution < 1.29 is 4.74 Å². The number of nitrogens with zero attached hydrogens (tertiary/aromatic N) is 2. The second kappa shape index (κ2) is 12.0. The molecule has 1 aromatic carbocycles. The molecule has 1 atom stereocenters. The molecule has 0 spiro atoms. The fourth-order valence-corrected chi connectivity index (χ4v) is 2.47. The summed E-state index contributed by atoms with van der Waals surface area (Å²) in [7, 11) is 1.76. The highest BCUT2D eigenvalue weighted by Crippen LogP contribution is 2.16. The van der Waals surface area contributed by atoms with Crippen molar-refractivity contribution in [3.05, 3.63) is 58.9 Å². The summed E-state index contributed by atoms with van der Waals surface area (Å²) in [6.45, 7) is 5.54. The molecular formula is C19H26ClIN4O. The predicted octanol–water partition coefficient (Wildman–Crippen LogP) is 3.84. The van der Waals surface area contributed by atoms with Gasteiger partial charge in [0.15, 0.2) is 5.96 Å². The average Bonchev–Trinajstić information content (AvgIpc) is 2.61. The summed E-state index contributed by atoms with van der Waals surface area (Å²) in [5.74, 6) is 1.56. The summed E-state index contributed by atoms with van der Waals surface area (Å²) in [4.78, 5) is 8.36. The molecule has 0 fully saturated rings. The summed E-state index contributed by atoms with van der Waals surface area (Å²) in [5.41, 5.74) is 2.50. The lowest BCUT2D eigenvalue weighted by molar-refractivity contribution is 0.224. The van der Waals surface area contributed by atoms with Crippen LogP contribution in [0.15, 0.2) is 47.7 Å². The molecule has 0 aliphatic rings. The van der Waals surface area contributed by atoms with Gasteiger partial charge in [-0.1, -0.05) is 11.6 Å². The van der Waals surface area contributed by atoms with Crippen molar-refractivity contribution in [3.8, 4) is 5.75 Å². The molecule has 1 unspecified atom stereocenters. The number of pyridine rings is 1. The number of hydrogen-bond acceptors (Lipinski definition) is 3. The Labute approximate surface area is 177 Å². The molecule has 142 valence electrons. The molecule has 0 aliphatic carbocycles. The molecule has 0 bridgehead atoms. The number of aromatic nitrogens is 1. The van der Waals surface area contributed by atoms with Crippen LogP contribution < -0.4 is 15.4 Å². The Balaban J connectivity index is 0.00000338. The topological polar surface area (TPSA) is 58.5 Å². The summed E-state index contributed by atoms with van der Waals surface area (Å²) < 4.78 is 5.84. The highest BCUT2D eigenvalue weighted by molar-refractivity contribution is 14.0. The van der Waals surface area contributed by atoms with Gasteiger partial charge in [0.2, 0.25) is 0 Å². The molecule has 2 rings (SSSR count). The molecule has 2 N–H and O–H groups in total. The van der Waals surface area contributed by atoms with Crippen molar-refractivity contribution in [1.29, 1.82) is 0 Å². The van der Waals surface area contributed by atoms with E-state index in [1.54, 1.807) is 7.05 Å². The lowest BCUT2D eigenvalue weighted by Gasteiger charge is -2.18. The first-order valence-corrected chi connectivity index (χ1v) is 8.72. The number of nitrogens with one attached hydrogen (secondary N) is 2. The van der Waals surface area contributed by atoms with Crippen LogP contribution in [0.5, 0.6) is 5.75 Å². The summed E-state index contributed by atoms with van der Waals surface area (Å²) in [6.07, 6.45) is 4.64. The van der Waals surface area contributed by atoms with Crippen LogP contribution in [0, 0.1) is 6.92 Å². The zero-order valence-electron chi connectivity index (χ0n) is 15.3. The minimum atomic E-state index is 0. The van der Waals surface area contributed by atoms with Gasteiger partial charge >= 0.3 is 0 Å². The zero-order chi connectivity index (χ0) is 18.1. The average molecular weight is 489 g/mol. The summed E-state index contributed by atoms with van der Waals surface area (Å²) in [5, 5.41) is 7.30. The molecule has 1 heterocycles. The van der Waals surface area contributed by atoms with E-state index in [0.717, 1.165) is 24.7 Å². The molecule has 0 amide bonds. The summed E-state index contributed by atoms with van der Waals surface area (Å²) >= 11 is 5.88. The van der Waals surface area contributed by atoms with E-state index in [1.807, 2.05) is 43.6 Å². The zero-order valence-corrected chi connectivity index (χ0v) is 18.4. The highest BCUT2D eigenvalue weighted by Gasteiger charge is 2.06. The van der Waals surface area contributed by atoms with Gasteiger partial charge < -0.3 is 15.4 Å². The maximum Gasteiger partial charge on any atom is 0.191 e. The van der Waals surface area contributed by atoms with E-state index in [4.69, 9.17) is 16.3 Å². The molecule has 1 aromatic heterocycles. The van der Waals surface area contributed by atoms with E-state index in [0.29, 0.717) is 11.6 Å². The fourth-order valence-electron chi connectivity index (χ4n) is 2.35. The number of aliphatic imine (C=N–C) groups is 1. The second-order valence-electron chi connectivity index (χ2n) is 5.81. The monoisotopic (exact) mass is 488 g/mol. The van der Waals surface area contributed by atoms with E-state index >= 15 is 0 Å². The number of aryl methyl sites for hydroxylation is 1. The maximum absolute atomic E-state index is 5.88. The molecule has 2 aromatic rings. The van der Waals surface area contributed by atoms with Crippen molar-refractivity contribution in [1.82, 2.24) is 15.6 Å². The Morgan fingerprint density at radius 3 is 2.62 bits per heavy atom. The van der Waals surface area contributed by atoms with Crippen LogP contribution in [0.1, 0.15) is 18.1 Å². The van der Waals surface area contributed by atoms with Crippen molar-refractivity contribution in [2.45, 2.75) is 26.4 Å². The van der Waals surface area contributed by atoms with Gasteiger partial charge in [0.1, 0.15) is 11.9 Å². The van der Waals surface area contributed by atoms with Gasteiger partial charge in [-0.2, -0.15) is 0 Å². The Morgan fingerprint density at radius 1 is 1.23 bits per heavy atom. The molecular weight excluding hydrogens is 463 g/mol. The van der Waals surface area contributed by atoms with E-state index in [2.05, 4.69) is 33.6 Å². The van der Waals surface area contributed by atoms with Crippen LogP contribution >= 0.6 is 35.6 Å². The standard InChI is InChI=1S/C19H25ClN4O.HI/c1-14-12-22-10-8-16(14)9-11-23-19(21-3)24-13-15(2)25-18-6-4-17(20)5-7-18;/h4-8,10,12,15H,9,11,13H2,1-3H3,(H2,21,23,24);1H. The highest BCUT2D eigenvalue weighted by atomic mass is 127. The van der Waals surface area contributed by atoms with Crippen LogP contribution in [-0.4, -0.2) is 37.2 Å². The number of benzene rings is 1. The van der Waals surface area contributed by atoms with E-state index < -0.39 is 0 Å². The first-order valence-electron chi connectivity index (χ1n) is 8.34. The van der Waals surface area contributed by atoms with Gasteiger partial charge in [0.05, 0.1) is 6.54 Å². The van der Waals surface area contributed by atoms with Crippen molar-refractivity contribution >= 4 is 41.5 Å². The Kier molecular flexibility index (Phi) is 10.3.